The predicted molar refractivity (Wildman–Crippen MR) is 113 cm³/mol. The number of amides is 2. The van der Waals surface area contributed by atoms with E-state index in [0.717, 1.165) is 16.7 Å². The number of ether oxygens (including phenoxy) is 1. The first-order chi connectivity index (χ1) is 13.7. The van der Waals surface area contributed by atoms with E-state index in [-0.39, 0.29) is 6.42 Å². The van der Waals surface area contributed by atoms with Gasteiger partial charge in [0.25, 0.3) is 0 Å². The molecule has 2 amide bonds. The van der Waals surface area contributed by atoms with Gasteiger partial charge in [-0.2, -0.15) is 0 Å². The Hall–Kier alpha value is -2.57. The Morgan fingerprint density at radius 1 is 1.03 bits per heavy atom. The minimum Gasteiger partial charge on any atom is -0.444 e. The van der Waals surface area contributed by atoms with Crippen LogP contribution in [0.15, 0.2) is 48.5 Å². The third-order valence-corrected chi connectivity index (χ3v) is 4.37. The van der Waals surface area contributed by atoms with E-state index in [1.54, 1.807) is 10.4 Å². The van der Waals surface area contributed by atoms with Crippen LogP contribution in [0.25, 0.3) is 11.1 Å². The predicted octanol–water partition coefficient (Wildman–Crippen LogP) is 5.03. The summed E-state index contributed by atoms with van der Waals surface area (Å²) >= 11 is 5.94. The fourth-order valence-corrected chi connectivity index (χ4v) is 2.84. The molecule has 0 radical (unpaired) electrons. The molecule has 0 heterocycles. The van der Waals surface area contributed by atoms with Gasteiger partial charge in [0.1, 0.15) is 5.60 Å². The van der Waals surface area contributed by atoms with Gasteiger partial charge in [-0.1, -0.05) is 48.0 Å². The zero-order valence-electron chi connectivity index (χ0n) is 16.9. The molecule has 0 atom stereocenters. The van der Waals surface area contributed by atoms with E-state index in [4.69, 9.17) is 21.5 Å². The summed E-state index contributed by atoms with van der Waals surface area (Å²) in [4.78, 5) is 25.4. The molecule has 0 spiro atoms. The van der Waals surface area contributed by atoms with Crippen molar-refractivity contribution < 1.29 is 19.5 Å². The van der Waals surface area contributed by atoms with Gasteiger partial charge in [0, 0.05) is 24.5 Å². The van der Waals surface area contributed by atoms with Gasteiger partial charge in [0.2, 0.25) is 5.91 Å². The van der Waals surface area contributed by atoms with E-state index in [2.05, 4.69) is 0 Å². The highest BCUT2D eigenvalue weighted by Gasteiger charge is 2.22. The van der Waals surface area contributed by atoms with Crippen LogP contribution in [-0.4, -0.2) is 34.3 Å². The Balaban J connectivity index is 2.08. The number of rotatable bonds is 7. The maximum absolute atomic E-state index is 12.6. The number of hydroxylamine groups is 1. The molecule has 156 valence electrons. The van der Waals surface area contributed by atoms with E-state index < -0.39 is 17.6 Å². The molecule has 0 fully saturated rings. The molecule has 0 bridgehead atoms. The van der Waals surface area contributed by atoms with E-state index >= 15 is 0 Å². The number of nitrogens with zero attached hydrogens (tertiary/aromatic N) is 1. The lowest BCUT2D eigenvalue weighted by molar-refractivity contribution is -0.129. The fraction of sp³-hybridized carbons (Fsp3) is 0.364. The smallest absolute Gasteiger partial charge is 0.410 e. The lowest BCUT2D eigenvalue weighted by Crippen LogP contribution is -2.37. The van der Waals surface area contributed by atoms with E-state index in [9.17, 15) is 9.59 Å². The van der Waals surface area contributed by atoms with Crippen molar-refractivity contribution >= 4 is 23.6 Å². The molecule has 0 saturated heterocycles. The topological polar surface area (TPSA) is 78.9 Å². The molecule has 0 aromatic heterocycles. The molecule has 2 N–H and O–H groups in total. The minimum atomic E-state index is -0.615. The minimum absolute atomic E-state index is 0.116. The van der Waals surface area contributed by atoms with Gasteiger partial charge in [-0.05, 0) is 56.0 Å². The van der Waals surface area contributed by atoms with Crippen LogP contribution < -0.4 is 5.48 Å². The average Bonchev–Trinajstić information content (AvgIpc) is 2.67. The van der Waals surface area contributed by atoms with Gasteiger partial charge in [0.05, 0.1) is 0 Å². The lowest BCUT2D eigenvalue weighted by atomic mass is 10.0. The molecular weight excluding hydrogens is 392 g/mol. The van der Waals surface area contributed by atoms with Crippen molar-refractivity contribution in [1.29, 1.82) is 0 Å². The van der Waals surface area contributed by atoms with Crippen molar-refractivity contribution in [2.45, 2.75) is 45.8 Å². The molecule has 7 heteroatoms. The molecule has 2 aromatic rings. The standard InChI is InChI=1S/C22H27ClN2O4/c1-22(2,3)29-21(27)25(14-4-5-20(26)24-28)15-16-6-8-17(9-7-16)18-10-12-19(23)13-11-18/h6-13,28H,4-5,14-15H2,1-3H3,(H,24,26). The Bertz CT molecular complexity index is 814. The molecule has 0 aliphatic heterocycles. The number of carbonyl (C=O) groups is 2. The summed E-state index contributed by atoms with van der Waals surface area (Å²) in [6, 6.07) is 15.5. The molecule has 0 unspecified atom stereocenters. The zero-order valence-corrected chi connectivity index (χ0v) is 17.7. The van der Waals surface area contributed by atoms with Gasteiger partial charge < -0.3 is 9.64 Å². The first-order valence-corrected chi connectivity index (χ1v) is 9.81. The Labute approximate surface area is 176 Å². The van der Waals surface area contributed by atoms with Gasteiger partial charge >= 0.3 is 6.09 Å². The van der Waals surface area contributed by atoms with Crippen LogP contribution in [0.1, 0.15) is 39.2 Å². The van der Waals surface area contributed by atoms with E-state index in [1.807, 2.05) is 69.3 Å². The largest absolute Gasteiger partial charge is 0.444 e. The molecule has 2 rings (SSSR count). The maximum atomic E-state index is 12.6. The van der Waals surface area contributed by atoms with Crippen molar-refractivity contribution in [1.82, 2.24) is 10.4 Å². The van der Waals surface area contributed by atoms with E-state index in [0.29, 0.717) is 24.5 Å². The Kier molecular flexibility index (Phi) is 8.05. The summed E-state index contributed by atoms with van der Waals surface area (Å²) in [6.07, 6.45) is 0.0865. The summed E-state index contributed by atoms with van der Waals surface area (Å²) in [5.41, 5.74) is 4.03. The van der Waals surface area contributed by atoms with Crippen molar-refractivity contribution in [3.05, 3.63) is 59.1 Å². The third-order valence-electron chi connectivity index (χ3n) is 4.11. The highest BCUT2D eigenvalue weighted by atomic mass is 35.5. The summed E-state index contributed by atoms with van der Waals surface area (Å²) in [5.74, 6) is -0.485. The fourth-order valence-electron chi connectivity index (χ4n) is 2.71. The third kappa shape index (κ3) is 7.75. The number of hydrogen-bond donors (Lipinski definition) is 2. The molecule has 2 aromatic carbocycles. The van der Waals surface area contributed by atoms with Gasteiger partial charge in [-0.15, -0.1) is 0 Å². The lowest BCUT2D eigenvalue weighted by Gasteiger charge is -2.27. The monoisotopic (exact) mass is 418 g/mol. The van der Waals surface area contributed by atoms with Crippen molar-refractivity contribution in [2.24, 2.45) is 0 Å². The number of nitrogens with one attached hydrogen (secondary N) is 1. The number of halogens is 1. The number of hydrogen-bond acceptors (Lipinski definition) is 4. The van der Waals surface area contributed by atoms with Gasteiger partial charge in [-0.3, -0.25) is 10.0 Å². The van der Waals surface area contributed by atoms with Crippen LogP contribution in [0.2, 0.25) is 5.02 Å². The second kappa shape index (κ2) is 10.3. The normalized spacial score (nSPS) is 11.1. The SMILES string of the molecule is CC(C)(C)OC(=O)N(CCCC(=O)NO)Cc1ccc(-c2ccc(Cl)cc2)cc1. The van der Waals surface area contributed by atoms with Crippen LogP contribution in [0.4, 0.5) is 4.79 Å². The molecular formula is C22H27ClN2O4. The number of carbonyl (C=O) groups excluding carboxylic acids is 2. The quantitative estimate of drug-likeness (QED) is 0.488. The molecule has 0 saturated carbocycles. The highest BCUT2D eigenvalue weighted by Crippen LogP contribution is 2.22. The molecule has 29 heavy (non-hydrogen) atoms. The molecule has 0 aliphatic carbocycles. The zero-order chi connectivity index (χ0) is 21.4. The Morgan fingerprint density at radius 3 is 2.10 bits per heavy atom. The second-order valence-corrected chi connectivity index (χ2v) is 8.18. The van der Waals surface area contributed by atoms with Crippen LogP contribution in [0, 0.1) is 0 Å². The van der Waals surface area contributed by atoms with Crippen LogP contribution in [0.5, 0.6) is 0 Å². The summed E-state index contributed by atoms with van der Waals surface area (Å²) in [7, 11) is 0. The summed E-state index contributed by atoms with van der Waals surface area (Å²) in [6.45, 7) is 6.12. The average molecular weight is 419 g/mol. The van der Waals surface area contributed by atoms with E-state index in [1.165, 1.54) is 0 Å². The van der Waals surface area contributed by atoms with Crippen LogP contribution in [0.3, 0.4) is 0 Å². The first kappa shape index (κ1) is 22.7. The van der Waals surface area contributed by atoms with Crippen LogP contribution in [-0.2, 0) is 16.1 Å². The first-order valence-electron chi connectivity index (χ1n) is 9.43. The van der Waals surface area contributed by atoms with Crippen molar-refractivity contribution in [2.75, 3.05) is 6.54 Å². The summed E-state index contributed by atoms with van der Waals surface area (Å²) < 4.78 is 5.48. The second-order valence-electron chi connectivity index (χ2n) is 7.74. The van der Waals surface area contributed by atoms with Gasteiger partial charge in [-0.25, -0.2) is 10.3 Å². The van der Waals surface area contributed by atoms with Crippen molar-refractivity contribution in [3.8, 4) is 11.1 Å². The highest BCUT2D eigenvalue weighted by molar-refractivity contribution is 6.30. The molecule has 0 aliphatic rings. The van der Waals surface area contributed by atoms with Gasteiger partial charge in [0.15, 0.2) is 0 Å². The van der Waals surface area contributed by atoms with Crippen molar-refractivity contribution in [3.63, 3.8) is 0 Å². The molecule has 6 nitrogen and oxygen atoms in total. The summed E-state index contributed by atoms with van der Waals surface area (Å²) in [5, 5.41) is 9.31. The van der Waals surface area contributed by atoms with Crippen LogP contribution >= 0.6 is 11.6 Å². The Morgan fingerprint density at radius 2 is 1.59 bits per heavy atom. The maximum Gasteiger partial charge on any atom is 0.410 e. The number of benzene rings is 2.